The summed E-state index contributed by atoms with van der Waals surface area (Å²) in [6, 6.07) is 0. The lowest BCUT2D eigenvalue weighted by atomic mass is 9.86. The predicted octanol–water partition coefficient (Wildman–Crippen LogP) is -0.172. The quantitative estimate of drug-likeness (QED) is 0.525. The van der Waals surface area contributed by atoms with Crippen LogP contribution in [-0.2, 0) is 4.79 Å². The second kappa shape index (κ2) is 2.21. The number of likely N-dealkylation sites (tertiary alicyclic amines) is 1. The SMILES string of the molecule is CN1CC[C@@]2(CCNC2)C1=O. The Balaban J connectivity index is 2.20. The van der Waals surface area contributed by atoms with E-state index in [0.29, 0.717) is 5.91 Å². The summed E-state index contributed by atoms with van der Waals surface area (Å²) in [6.07, 6.45) is 2.09. The molecule has 0 aromatic rings. The average molecular weight is 154 g/mol. The number of carbonyl (C=O) groups is 1. The van der Waals surface area contributed by atoms with Crippen LogP contribution < -0.4 is 5.32 Å². The van der Waals surface area contributed by atoms with E-state index in [1.807, 2.05) is 11.9 Å². The fourth-order valence-corrected chi connectivity index (χ4v) is 2.13. The van der Waals surface area contributed by atoms with E-state index in [9.17, 15) is 4.79 Å². The van der Waals surface area contributed by atoms with Gasteiger partial charge in [0.15, 0.2) is 0 Å². The van der Waals surface area contributed by atoms with Gasteiger partial charge in [-0.05, 0) is 19.4 Å². The molecule has 0 aromatic carbocycles. The molecule has 0 bridgehead atoms. The van der Waals surface area contributed by atoms with E-state index in [-0.39, 0.29) is 5.41 Å². The lowest BCUT2D eigenvalue weighted by Gasteiger charge is -2.18. The van der Waals surface area contributed by atoms with Gasteiger partial charge < -0.3 is 10.2 Å². The van der Waals surface area contributed by atoms with Crippen LogP contribution in [0.1, 0.15) is 12.8 Å². The summed E-state index contributed by atoms with van der Waals surface area (Å²) >= 11 is 0. The minimum Gasteiger partial charge on any atom is -0.345 e. The highest BCUT2D eigenvalue weighted by molar-refractivity contribution is 5.85. The zero-order chi connectivity index (χ0) is 7.90. The van der Waals surface area contributed by atoms with E-state index in [1.165, 1.54) is 0 Å². The fraction of sp³-hybridized carbons (Fsp3) is 0.875. The Bertz CT molecular complexity index is 185. The summed E-state index contributed by atoms with van der Waals surface area (Å²) in [7, 11) is 1.90. The maximum atomic E-state index is 11.6. The lowest BCUT2D eigenvalue weighted by molar-refractivity contribution is -0.134. The van der Waals surface area contributed by atoms with Crippen LogP contribution in [0.5, 0.6) is 0 Å². The highest BCUT2D eigenvalue weighted by Gasteiger charge is 2.46. The van der Waals surface area contributed by atoms with Gasteiger partial charge in [0.1, 0.15) is 0 Å². The van der Waals surface area contributed by atoms with Gasteiger partial charge in [-0.3, -0.25) is 4.79 Å². The van der Waals surface area contributed by atoms with Crippen molar-refractivity contribution in [1.29, 1.82) is 0 Å². The van der Waals surface area contributed by atoms with Crippen LogP contribution in [-0.4, -0.2) is 37.5 Å². The van der Waals surface area contributed by atoms with Crippen molar-refractivity contribution in [2.75, 3.05) is 26.7 Å². The Labute approximate surface area is 66.8 Å². The summed E-state index contributed by atoms with van der Waals surface area (Å²) in [5, 5.41) is 3.26. The monoisotopic (exact) mass is 154 g/mol. The normalized spacial score (nSPS) is 37.5. The molecule has 1 N–H and O–H groups in total. The Morgan fingerprint density at radius 1 is 1.55 bits per heavy atom. The summed E-state index contributed by atoms with van der Waals surface area (Å²) in [4.78, 5) is 13.5. The van der Waals surface area contributed by atoms with E-state index in [2.05, 4.69) is 5.32 Å². The molecule has 0 saturated carbocycles. The van der Waals surface area contributed by atoms with E-state index < -0.39 is 0 Å². The molecule has 3 heteroatoms. The van der Waals surface area contributed by atoms with Crippen molar-refractivity contribution in [3.05, 3.63) is 0 Å². The van der Waals surface area contributed by atoms with Crippen LogP contribution in [0.15, 0.2) is 0 Å². The van der Waals surface area contributed by atoms with Crippen molar-refractivity contribution in [3.63, 3.8) is 0 Å². The molecule has 0 aliphatic carbocycles. The summed E-state index contributed by atoms with van der Waals surface area (Å²) in [5.74, 6) is 0.350. The van der Waals surface area contributed by atoms with Crippen LogP contribution in [0.4, 0.5) is 0 Å². The van der Waals surface area contributed by atoms with Gasteiger partial charge in [-0.25, -0.2) is 0 Å². The van der Waals surface area contributed by atoms with E-state index in [4.69, 9.17) is 0 Å². The highest BCUT2D eigenvalue weighted by Crippen LogP contribution is 2.36. The van der Waals surface area contributed by atoms with Crippen LogP contribution in [0, 0.1) is 5.41 Å². The van der Waals surface area contributed by atoms with Gasteiger partial charge in [0, 0.05) is 20.1 Å². The van der Waals surface area contributed by atoms with E-state index in [1.54, 1.807) is 0 Å². The van der Waals surface area contributed by atoms with Crippen LogP contribution in [0.25, 0.3) is 0 Å². The first kappa shape index (κ1) is 7.10. The molecule has 3 nitrogen and oxygen atoms in total. The third kappa shape index (κ3) is 0.872. The molecule has 11 heavy (non-hydrogen) atoms. The standard InChI is InChI=1S/C8H14N2O/c1-10-5-3-8(7(10)11)2-4-9-6-8/h9H,2-6H2,1H3/t8-/m1/s1. The van der Waals surface area contributed by atoms with Crippen molar-refractivity contribution >= 4 is 5.91 Å². The van der Waals surface area contributed by atoms with Gasteiger partial charge in [0.25, 0.3) is 0 Å². The van der Waals surface area contributed by atoms with E-state index >= 15 is 0 Å². The van der Waals surface area contributed by atoms with Crippen molar-refractivity contribution in [2.24, 2.45) is 5.41 Å². The highest BCUT2D eigenvalue weighted by atomic mass is 16.2. The van der Waals surface area contributed by atoms with Gasteiger partial charge in [-0.2, -0.15) is 0 Å². The van der Waals surface area contributed by atoms with Gasteiger partial charge in [-0.15, -0.1) is 0 Å². The zero-order valence-corrected chi connectivity index (χ0v) is 6.89. The van der Waals surface area contributed by atoms with Crippen molar-refractivity contribution < 1.29 is 4.79 Å². The Morgan fingerprint density at radius 2 is 2.36 bits per heavy atom. The molecule has 1 atom stereocenters. The fourth-order valence-electron chi connectivity index (χ4n) is 2.13. The summed E-state index contributed by atoms with van der Waals surface area (Å²) in [6.45, 7) is 2.86. The molecule has 1 spiro atoms. The number of hydrogen-bond acceptors (Lipinski definition) is 2. The number of nitrogens with one attached hydrogen (secondary N) is 1. The minimum absolute atomic E-state index is 0.00521. The molecule has 2 saturated heterocycles. The molecule has 62 valence electrons. The van der Waals surface area contributed by atoms with Crippen molar-refractivity contribution in [1.82, 2.24) is 10.2 Å². The smallest absolute Gasteiger partial charge is 0.229 e. The Hall–Kier alpha value is -0.570. The maximum absolute atomic E-state index is 11.6. The first-order chi connectivity index (χ1) is 5.25. The third-order valence-corrected chi connectivity index (χ3v) is 2.97. The molecule has 2 rings (SSSR count). The first-order valence-electron chi connectivity index (χ1n) is 4.21. The van der Waals surface area contributed by atoms with Gasteiger partial charge >= 0.3 is 0 Å². The predicted molar refractivity (Wildman–Crippen MR) is 42.2 cm³/mol. The largest absolute Gasteiger partial charge is 0.345 e. The zero-order valence-electron chi connectivity index (χ0n) is 6.89. The molecular weight excluding hydrogens is 140 g/mol. The third-order valence-electron chi connectivity index (χ3n) is 2.97. The molecule has 2 fully saturated rings. The number of nitrogens with zero attached hydrogens (tertiary/aromatic N) is 1. The Kier molecular flexibility index (Phi) is 1.42. The number of rotatable bonds is 0. The number of hydrogen-bond donors (Lipinski definition) is 1. The topological polar surface area (TPSA) is 32.3 Å². The minimum atomic E-state index is -0.00521. The van der Waals surface area contributed by atoms with Gasteiger partial charge in [0.2, 0.25) is 5.91 Å². The average Bonchev–Trinajstić information content (AvgIpc) is 2.56. The Morgan fingerprint density at radius 3 is 2.82 bits per heavy atom. The second-order valence-electron chi connectivity index (χ2n) is 3.68. The van der Waals surface area contributed by atoms with Crippen molar-refractivity contribution in [3.8, 4) is 0 Å². The molecular formula is C8H14N2O. The molecule has 2 aliphatic heterocycles. The summed E-state index contributed by atoms with van der Waals surface area (Å²) < 4.78 is 0. The lowest BCUT2D eigenvalue weighted by Crippen LogP contribution is -2.34. The van der Waals surface area contributed by atoms with Gasteiger partial charge in [-0.1, -0.05) is 0 Å². The van der Waals surface area contributed by atoms with E-state index in [0.717, 1.165) is 32.5 Å². The van der Waals surface area contributed by atoms with Crippen LogP contribution in [0.2, 0.25) is 0 Å². The first-order valence-corrected chi connectivity index (χ1v) is 4.21. The number of amides is 1. The molecule has 1 amide bonds. The molecule has 2 aliphatic rings. The molecule has 0 unspecified atom stereocenters. The van der Waals surface area contributed by atoms with Crippen molar-refractivity contribution in [2.45, 2.75) is 12.8 Å². The summed E-state index contributed by atoms with van der Waals surface area (Å²) in [5.41, 5.74) is -0.00521. The molecule has 2 heterocycles. The van der Waals surface area contributed by atoms with Crippen LogP contribution >= 0.6 is 0 Å². The van der Waals surface area contributed by atoms with Crippen LogP contribution in [0.3, 0.4) is 0 Å². The molecule has 0 aromatic heterocycles. The molecule has 0 radical (unpaired) electrons. The van der Waals surface area contributed by atoms with Gasteiger partial charge in [0.05, 0.1) is 5.41 Å². The second-order valence-corrected chi connectivity index (χ2v) is 3.68. The maximum Gasteiger partial charge on any atom is 0.229 e. The number of carbonyl (C=O) groups excluding carboxylic acids is 1.